The monoisotopic (exact) mass is 508 g/mol. The Morgan fingerprint density at radius 2 is 1.38 bits per heavy atom. The Balaban J connectivity index is 1.46. The van der Waals surface area contributed by atoms with E-state index < -0.39 is 12.1 Å². The molecule has 0 radical (unpaired) electrons. The van der Waals surface area contributed by atoms with Gasteiger partial charge >= 0.3 is 11.9 Å². The van der Waals surface area contributed by atoms with Crippen molar-refractivity contribution in [3.63, 3.8) is 0 Å². The van der Waals surface area contributed by atoms with E-state index in [9.17, 15) is 9.59 Å². The molecule has 3 aromatic rings. The number of esters is 2. The summed E-state index contributed by atoms with van der Waals surface area (Å²) < 4.78 is 31.9. The van der Waals surface area contributed by atoms with Gasteiger partial charge in [0.15, 0.2) is 17.6 Å². The first kappa shape index (κ1) is 27.5. The third-order valence-corrected chi connectivity index (χ3v) is 5.71. The maximum Gasteiger partial charge on any atom is 0.337 e. The van der Waals surface area contributed by atoms with Gasteiger partial charge in [-0.1, -0.05) is 30.3 Å². The molecule has 1 atom stereocenters. The first-order chi connectivity index (χ1) is 18.0. The van der Waals surface area contributed by atoms with Crippen LogP contribution in [0, 0.1) is 0 Å². The molecule has 0 aliphatic heterocycles. The fraction of sp³-hybridized carbons (Fsp3) is 0.310. The van der Waals surface area contributed by atoms with Crippen LogP contribution in [-0.4, -0.2) is 59.7 Å². The molecule has 0 spiro atoms. The Kier molecular flexibility index (Phi) is 10.3. The van der Waals surface area contributed by atoms with Crippen molar-refractivity contribution in [1.29, 1.82) is 0 Å². The normalized spacial score (nSPS) is 11.4. The van der Waals surface area contributed by atoms with E-state index in [0.717, 1.165) is 22.4 Å². The summed E-state index contributed by atoms with van der Waals surface area (Å²) in [6, 6.07) is 20.5. The first-order valence-electron chi connectivity index (χ1n) is 11.8. The lowest BCUT2D eigenvalue weighted by Crippen LogP contribution is -2.26. The van der Waals surface area contributed by atoms with Crippen LogP contribution < -0.4 is 14.2 Å². The molecule has 0 saturated carbocycles. The van der Waals surface area contributed by atoms with Gasteiger partial charge in [0, 0.05) is 20.0 Å². The first-order valence-corrected chi connectivity index (χ1v) is 11.8. The highest BCUT2D eigenvalue weighted by molar-refractivity contribution is 5.90. The minimum absolute atomic E-state index is 0.356. The second-order valence-corrected chi connectivity index (χ2v) is 8.08. The number of methoxy groups -OCH3 is 4. The molecule has 0 heterocycles. The lowest BCUT2D eigenvalue weighted by atomic mass is 10.0. The van der Waals surface area contributed by atoms with Crippen LogP contribution in [0.1, 0.15) is 22.3 Å². The van der Waals surface area contributed by atoms with E-state index in [-0.39, 0.29) is 5.97 Å². The quantitative estimate of drug-likeness (QED) is 0.242. The van der Waals surface area contributed by atoms with Crippen LogP contribution >= 0.6 is 0 Å². The molecule has 0 bridgehead atoms. The molecule has 0 saturated heterocycles. The molecule has 0 N–H and O–H groups in total. The van der Waals surface area contributed by atoms with Crippen LogP contribution in [0.25, 0.3) is 11.1 Å². The Hall–Kier alpha value is -4.04. The zero-order valence-electron chi connectivity index (χ0n) is 21.5. The van der Waals surface area contributed by atoms with Gasteiger partial charge in [0.05, 0.1) is 40.1 Å². The van der Waals surface area contributed by atoms with Crippen LogP contribution in [0.15, 0.2) is 66.7 Å². The number of benzene rings is 3. The Bertz CT molecular complexity index is 1160. The Labute approximate surface area is 217 Å². The van der Waals surface area contributed by atoms with Gasteiger partial charge in [-0.2, -0.15) is 0 Å². The van der Waals surface area contributed by atoms with E-state index >= 15 is 0 Å². The highest BCUT2D eigenvalue weighted by Gasteiger charge is 2.19. The number of carbonyl (C=O) groups is 2. The average Bonchev–Trinajstić information content (AvgIpc) is 2.95. The van der Waals surface area contributed by atoms with Crippen molar-refractivity contribution in [3.05, 3.63) is 77.9 Å². The molecule has 0 amide bonds. The molecule has 0 fully saturated rings. The van der Waals surface area contributed by atoms with Crippen molar-refractivity contribution in [3.8, 4) is 28.4 Å². The lowest BCUT2D eigenvalue weighted by Gasteiger charge is -2.15. The molecule has 37 heavy (non-hydrogen) atoms. The van der Waals surface area contributed by atoms with Crippen molar-refractivity contribution in [2.24, 2.45) is 0 Å². The van der Waals surface area contributed by atoms with Crippen LogP contribution in [0.5, 0.6) is 17.2 Å². The van der Waals surface area contributed by atoms with E-state index in [2.05, 4.69) is 0 Å². The van der Waals surface area contributed by atoms with Crippen LogP contribution in [-0.2, 0) is 25.4 Å². The molecular weight excluding hydrogens is 476 g/mol. The summed E-state index contributed by atoms with van der Waals surface area (Å²) >= 11 is 0. The van der Waals surface area contributed by atoms with Crippen LogP contribution in [0.4, 0.5) is 0 Å². The smallest absolute Gasteiger partial charge is 0.337 e. The van der Waals surface area contributed by atoms with Gasteiger partial charge < -0.3 is 28.4 Å². The Morgan fingerprint density at radius 1 is 0.730 bits per heavy atom. The van der Waals surface area contributed by atoms with Crippen molar-refractivity contribution in [1.82, 2.24) is 0 Å². The summed E-state index contributed by atoms with van der Waals surface area (Å²) in [6.45, 7) is 0.936. The van der Waals surface area contributed by atoms with Gasteiger partial charge in [0.2, 0.25) is 0 Å². The number of hydrogen-bond donors (Lipinski definition) is 0. The van der Waals surface area contributed by atoms with Gasteiger partial charge in [-0.05, 0) is 53.1 Å². The molecular formula is C29H32O8. The maximum absolute atomic E-state index is 11.8. The summed E-state index contributed by atoms with van der Waals surface area (Å²) in [5.41, 5.74) is 3.40. The maximum atomic E-state index is 11.8. The van der Waals surface area contributed by atoms with Crippen molar-refractivity contribution >= 4 is 11.9 Å². The largest absolute Gasteiger partial charge is 0.493 e. The van der Waals surface area contributed by atoms with Crippen LogP contribution in [0.2, 0.25) is 0 Å². The molecule has 8 heteroatoms. The number of carbonyl (C=O) groups excluding carboxylic acids is 2. The van der Waals surface area contributed by atoms with Gasteiger partial charge in [-0.25, -0.2) is 9.59 Å². The van der Waals surface area contributed by atoms with Crippen molar-refractivity contribution in [2.45, 2.75) is 18.9 Å². The molecule has 3 aromatic carbocycles. The summed E-state index contributed by atoms with van der Waals surface area (Å²) in [5, 5.41) is 0. The number of hydrogen-bond acceptors (Lipinski definition) is 8. The second kappa shape index (κ2) is 13.9. The van der Waals surface area contributed by atoms with Crippen LogP contribution in [0.3, 0.4) is 0 Å². The minimum atomic E-state index is -0.681. The summed E-state index contributed by atoms with van der Waals surface area (Å²) in [6.07, 6.45) is 0.362. The molecule has 0 unspecified atom stereocenters. The highest BCUT2D eigenvalue weighted by atomic mass is 16.6. The molecule has 8 nitrogen and oxygen atoms in total. The fourth-order valence-electron chi connectivity index (χ4n) is 3.66. The second-order valence-electron chi connectivity index (χ2n) is 8.08. The summed E-state index contributed by atoms with van der Waals surface area (Å²) in [5.74, 6) is 1.17. The number of ether oxygens (including phenoxy) is 6. The SMILES string of the molecule is COC(=O)c1ccc(-c2ccc(OCCCOc3ccc(C[C@H](OC)C(=O)OC)cc3OC)cc2)cc1. The molecule has 3 rings (SSSR count). The topological polar surface area (TPSA) is 89.5 Å². The third kappa shape index (κ3) is 7.72. The predicted molar refractivity (Wildman–Crippen MR) is 138 cm³/mol. The average molecular weight is 509 g/mol. The zero-order chi connectivity index (χ0) is 26.6. The van der Waals surface area contributed by atoms with E-state index in [4.69, 9.17) is 28.4 Å². The standard InChI is InChI=1S/C29H32O8/c1-32-26-18-20(19-27(33-2)29(31)35-4)6-15-25(26)37-17-5-16-36-24-13-11-22(12-14-24)21-7-9-23(10-8-21)28(30)34-3/h6-15,18,27H,5,16-17,19H2,1-4H3/t27-/m0/s1. The zero-order valence-corrected chi connectivity index (χ0v) is 21.5. The van der Waals surface area contributed by atoms with Gasteiger partial charge in [-0.15, -0.1) is 0 Å². The molecule has 196 valence electrons. The third-order valence-electron chi connectivity index (χ3n) is 5.71. The van der Waals surface area contributed by atoms with E-state index in [1.165, 1.54) is 21.3 Å². The van der Waals surface area contributed by atoms with Gasteiger partial charge in [0.1, 0.15) is 5.75 Å². The highest BCUT2D eigenvalue weighted by Crippen LogP contribution is 2.29. The lowest BCUT2D eigenvalue weighted by molar-refractivity contribution is -0.152. The van der Waals surface area contributed by atoms with Crippen molar-refractivity contribution < 1.29 is 38.0 Å². The molecule has 0 aromatic heterocycles. The molecule has 0 aliphatic carbocycles. The van der Waals surface area contributed by atoms with E-state index in [1.807, 2.05) is 54.6 Å². The van der Waals surface area contributed by atoms with Crippen molar-refractivity contribution in [2.75, 3.05) is 41.7 Å². The summed E-state index contributed by atoms with van der Waals surface area (Å²) in [7, 11) is 5.74. The fourth-order valence-corrected chi connectivity index (χ4v) is 3.66. The minimum Gasteiger partial charge on any atom is -0.493 e. The van der Waals surface area contributed by atoms with E-state index in [0.29, 0.717) is 43.1 Å². The predicted octanol–water partition coefficient (Wildman–Crippen LogP) is 4.73. The Morgan fingerprint density at radius 3 is 1.97 bits per heavy atom. The molecule has 0 aliphatic rings. The van der Waals surface area contributed by atoms with E-state index in [1.54, 1.807) is 19.2 Å². The summed E-state index contributed by atoms with van der Waals surface area (Å²) in [4.78, 5) is 23.4. The van der Waals surface area contributed by atoms with Gasteiger partial charge in [-0.3, -0.25) is 0 Å². The van der Waals surface area contributed by atoms with Gasteiger partial charge in [0.25, 0.3) is 0 Å². The number of rotatable bonds is 13.